The van der Waals surface area contributed by atoms with Gasteiger partial charge in [0.2, 0.25) is 0 Å². The summed E-state index contributed by atoms with van der Waals surface area (Å²) in [5.41, 5.74) is 1.60. The predicted octanol–water partition coefficient (Wildman–Crippen LogP) is 1.43. The van der Waals surface area contributed by atoms with Gasteiger partial charge < -0.3 is 0 Å². The molecule has 1 saturated heterocycles. The van der Waals surface area contributed by atoms with Crippen LogP contribution >= 0.6 is 11.6 Å². The van der Waals surface area contributed by atoms with Crippen molar-refractivity contribution in [3.05, 3.63) is 23.3 Å². The molecule has 1 aromatic heterocycles. The molecule has 0 saturated carbocycles. The lowest BCUT2D eigenvalue weighted by molar-refractivity contribution is 0.601. The predicted molar refractivity (Wildman–Crippen MR) is 62.3 cm³/mol. The first kappa shape index (κ1) is 11.8. The zero-order valence-corrected chi connectivity index (χ0v) is 10.6. The maximum Gasteiger partial charge on any atom is 0.151 e. The van der Waals surface area contributed by atoms with Gasteiger partial charge in [0.15, 0.2) is 9.84 Å². The van der Waals surface area contributed by atoms with Crippen LogP contribution in [0.4, 0.5) is 0 Å². The van der Waals surface area contributed by atoms with E-state index in [4.69, 9.17) is 11.6 Å². The molecule has 6 heteroatoms. The number of hydrogen-bond donors (Lipinski definition) is 0. The van der Waals surface area contributed by atoms with Gasteiger partial charge in [-0.3, -0.25) is 0 Å². The molecule has 16 heavy (non-hydrogen) atoms. The van der Waals surface area contributed by atoms with Crippen LogP contribution in [0, 0.1) is 6.92 Å². The molecule has 88 valence electrons. The van der Waals surface area contributed by atoms with Gasteiger partial charge in [-0.2, -0.15) is 0 Å². The van der Waals surface area contributed by atoms with E-state index in [1.54, 1.807) is 0 Å². The van der Waals surface area contributed by atoms with Gasteiger partial charge >= 0.3 is 0 Å². The highest BCUT2D eigenvalue weighted by molar-refractivity contribution is 7.91. The zero-order chi connectivity index (χ0) is 11.8. The Hall–Kier alpha value is -0.680. The van der Waals surface area contributed by atoms with Gasteiger partial charge in [0.1, 0.15) is 5.82 Å². The van der Waals surface area contributed by atoms with Crippen LogP contribution in [0.25, 0.3) is 0 Å². The molecule has 2 rings (SSSR count). The number of hydrogen-bond acceptors (Lipinski definition) is 4. The molecule has 1 atom stereocenters. The van der Waals surface area contributed by atoms with Crippen LogP contribution in [-0.2, 0) is 15.7 Å². The van der Waals surface area contributed by atoms with Crippen molar-refractivity contribution in [3.8, 4) is 0 Å². The van der Waals surface area contributed by atoms with Crippen LogP contribution in [-0.4, -0.2) is 29.9 Å². The maximum absolute atomic E-state index is 11.4. The first-order valence-corrected chi connectivity index (χ1v) is 7.46. The molecule has 0 amide bonds. The largest absolute Gasteiger partial charge is 0.238 e. The van der Waals surface area contributed by atoms with Crippen molar-refractivity contribution < 1.29 is 8.42 Å². The molecule has 2 heterocycles. The third-order valence-electron chi connectivity index (χ3n) is 2.66. The molecule has 4 nitrogen and oxygen atoms in total. The Balaban J connectivity index is 2.31. The van der Waals surface area contributed by atoms with E-state index in [1.165, 1.54) is 0 Å². The summed E-state index contributed by atoms with van der Waals surface area (Å²) in [5.74, 6) is 1.29. The Kier molecular flexibility index (Phi) is 3.17. The Morgan fingerprint density at radius 1 is 1.50 bits per heavy atom. The summed E-state index contributed by atoms with van der Waals surface area (Å²) in [6.45, 7) is 1.87. The SMILES string of the molecule is Cc1cc(CCl)nc(C2CCS(=O)(=O)C2)n1. The molecule has 1 aliphatic rings. The van der Waals surface area contributed by atoms with E-state index >= 15 is 0 Å². The fourth-order valence-corrected chi connectivity index (χ4v) is 3.78. The number of rotatable bonds is 2. The minimum Gasteiger partial charge on any atom is -0.238 e. The molecule has 1 aliphatic heterocycles. The third kappa shape index (κ3) is 2.52. The van der Waals surface area contributed by atoms with Gasteiger partial charge in [-0.1, -0.05) is 0 Å². The summed E-state index contributed by atoms with van der Waals surface area (Å²) in [5, 5.41) is 0. The molecular formula is C10H13ClN2O2S. The highest BCUT2D eigenvalue weighted by Gasteiger charge is 2.31. The number of halogens is 1. The second kappa shape index (κ2) is 4.30. The number of alkyl halides is 1. The molecule has 1 unspecified atom stereocenters. The van der Waals surface area contributed by atoms with E-state index in [9.17, 15) is 8.42 Å². The summed E-state index contributed by atoms with van der Waals surface area (Å²) < 4.78 is 22.7. The van der Waals surface area contributed by atoms with Crippen LogP contribution in [0.15, 0.2) is 6.07 Å². The van der Waals surface area contributed by atoms with Crippen molar-refractivity contribution in [1.82, 2.24) is 9.97 Å². The smallest absolute Gasteiger partial charge is 0.151 e. The molecule has 0 radical (unpaired) electrons. The van der Waals surface area contributed by atoms with Gasteiger partial charge in [-0.25, -0.2) is 18.4 Å². The van der Waals surface area contributed by atoms with Gasteiger partial charge in [0.05, 0.1) is 23.1 Å². The van der Waals surface area contributed by atoms with E-state index in [1.807, 2.05) is 13.0 Å². The summed E-state index contributed by atoms with van der Waals surface area (Å²) in [6, 6.07) is 1.82. The zero-order valence-electron chi connectivity index (χ0n) is 8.98. The molecule has 0 bridgehead atoms. The monoisotopic (exact) mass is 260 g/mol. The van der Waals surface area contributed by atoms with Crippen molar-refractivity contribution in [2.45, 2.75) is 25.1 Å². The van der Waals surface area contributed by atoms with Crippen LogP contribution in [0.3, 0.4) is 0 Å². The van der Waals surface area contributed by atoms with Crippen LogP contribution in [0.5, 0.6) is 0 Å². The lowest BCUT2D eigenvalue weighted by atomic mass is 10.1. The van der Waals surface area contributed by atoms with Crippen molar-refractivity contribution in [1.29, 1.82) is 0 Å². The van der Waals surface area contributed by atoms with Crippen LogP contribution in [0.1, 0.15) is 29.6 Å². The Labute approximate surface area is 100.0 Å². The van der Waals surface area contributed by atoms with E-state index in [0.29, 0.717) is 18.1 Å². The molecular weight excluding hydrogens is 248 g/mol. The quantitative estimate of drug-likeness (QED) is 0.755. The van der Waals surface area contributed by atoms with Gasteiger partial charge in [0, 0.05) is 11.6 Å². The van der Waals surface area contributed by atoms with Crippen molar-refractivity contribution in [2.75, 3.05) is 11.5 Å². The van der Waals surface area contributed by atoms with E-state index in [2.05, 4.69) is 9.97 Å². The number of nitrogens with zero attached hydrogens (tertiary/aromatic N) is 2. The summed E-state index contributed by atoms with van der Waals surface area (Å²) in [6.07, 6.45) is 0.619. The lowest BCUT2D eigenvalue weighted by Gasteiger charge is -2.08. The average molecular weight is 261 g/mol. The van der Waals surface area contributed by atoms with Crippen molar-refractivity contribution in [2.24, 2.45) is 0 Å². The first-order valence-electron chi connectivity index (χ1n) is 5.11. The van der Waals surface area contributed by atoms with Crippen molar-refractivity contribution >= 4 is 21.4 Å². The minimum absolute atomic E-state index is 0.0631. The van der Waals surface area contributed by atoms with E-state index in [-0.39, 0.29) is 17.4 Å². The fourth-order valence-electron chi connectivity index (χ4n) is 1.91. The summed E-state index contributed by atoms with van der Waals surface area (Å²) in [4.78, 5) is 8.59. The summed E-state index contributed by atoms with van der Waals surface area (Å²) in [7, 11) is -2.89. The minimum atomic E-state index is -2.89. The highest BCUT2D eigenvalue weighted by atomic mass is 35.5. The van der Waals surface area contributed by atoms with E-state index < -0.39 is 9.84 Å². The highest BCUT2D eigenvalue weighted by Crippen LogP contribution is 2.26. The molecule has 0 spiro atoms. The normalized spacial score (nSPS) is 23.5. The second-order valence-electron chi connectivity index (χ2n) is 4.09. The topological polar surface area (TPSA) is 59.9 Å². The Morgan fingerprint density at radius 3 is 2.81 bits per heavy atom. The Morgan fingerprint density at radius 2 is 2.25 bits per heavy atom. The van der Waals surface area contributed by atoms with Gasteiger partial charge in [-0.15, -0.1) is 11.6 Å². The van der Waals surface area contributed by atoms with Crippen molar-refractivity contribution in [3.63, 3.8) is 0 Å². The Bertz CT molecular complexity index is 502. The molecule has 0 aromatic carbocycles. The van der Waals surface area contributed by atoms with Gasteiger partial charge in [-0.05, 0) is 19.4 Å². The third-order valence-corrected chi connectivity index (χ3v) is 4.70. The number of aromatic nitrogens is 2. The molecule has 0 aliphatic carbocycles. The summed E-state index contributed by atoms with van der Waals surface area (Å²) >= 11 is 5.73. The molecule has 0 N–H and O–H groups in total. The lowest BCUT2D eigenvalue weighted by Crippen LogP contribution is -2.09. The maximum atomic E-state index is 11.4. The second-order valence-corrected chi connectivity index (χ2v) is 6.59. The molecule has 1 fully saturated rings. The standard InChI is InChI=1S/C10H13ClN2O2S/c1-7-4-9(5-11)13-10(12-7)8-2-3-16(14,15)6-8/h4,8H,2-3,5-6H2,1H3. The average Bonchev–Trinajstić information content (AvgIpc) is 2.58. The van der Waals surface area contributed by atoms with Crippen LogP contribution in [0.2, 0.25) is 0 Å². The number of aryl methyl sites for hydroxylation is 1. The molecule has 1 aromatic rings. The van der Waals surface area contributed by atoms with Gasteiger partial charge in [0.25, 0.3) is 0 Å². The number of sulfone groups is 1. The first-order chi connectivity index (χ1) is 7.50. The van der Waals surface area contributed by atoms with E-state index in [0.717, 1.165) is 11.4 Å². The fraction of sp³-hybridized carbons (Fsp3) is 0.600. The van der Waals surface area contributed by atoms with Crippen LogP contribution < -0.4 is 0 Å².